The summed E-state index contributed by atoms with van der Waals surface area (Å²) in [6.45, 7) is 0.343. The Bertz CT molecular complexity index is 798. The summed E-state index contributed by atoms with van der Waals surface area (Å²) in [5.41, 5.74) is 8.96. The normalized spacial score (nSPS) is 12.9. The van der Waals surface area contributed by atoms with Crippen molar-refractivity contribution in [2.75, 3.05) is 6.61 Å². The molecule has 0 fully saturated rings. The van der Waals surface area contributed by atoms with E-state index in [0.717, 1.165) is 16.7 Å². The first-order chi connectivity index (χ1) is 11.6. The number of carbonyl (C=O) groups is 2. The molecule has 1 amide bonds. The van der Waals surface area contributed by atoms with E-state index in [1.54, 1.807) is 12.1 Å². The summed E-state index contributed by atoms with van der Waals surface area (Å²) in [6, 6.07) is 11.7. The molecule has 24 heavy (non-hydrogen) atoms. The molecule has 0 spiro atoms. The van der Waals surface area contributed by atoms with Gasteiger partial charge in [-0.1, -0.05) is 30.3 Å². The molecule has 0 saturated heterocycles. The Morgan fingerprint density at radius 3 is 2.67 bits per heavy atom. The van der Waals surface area contributed by atoms with Crippen LogP contribution in [0.5, 0.6) is 0 Å². The van der Waals surface area contributed by atoms with Crippen LogP contribution in [0.3, 0.4) is 0 Å². The average molecular weight is 322 g/mol. The van der Waals surface area contributed by atoms with E-state index in [4.69, 9.17) is 10.5 Å². The third kappa shape index (κ3) is 3.51. The number of nitrogens with zero attached hydrogens (tertiary/aromatic N) is 1. The van der Waals surface area contributed by atoms with E-state index in [-0.39, 0.29) is 11.7 Å². The number of fused-ring (bicyclic) bond motifs is 1. The Kier molecular flexibility index (Phi) is 4.70. The molecule has 0 aliphatic heterocycles. The Labute approximate surface area is 140 Å². The first-order valence-corrected chi connectivity index (χ1v) is 7.84. The number of amides is 1. The fourth-order valence-corrected chi connectivity index (χ4v) is 2.80. The van der Waals surface area contributed by atoms with E-state index in [1.165, 1.54) is 6.20 Å². The first kappa shape index (κ1) is 15.9. The monoisotopic (exact) mass is 322 g/mol. The number of pyridine rings is 1. The molecule has 5 heteroatoms. The average Bonchev–Trinajstić information content (AvgIpc) is 2.61. The standard InChI is InChI=1S/C19H18N2O3/c20-18(22)17-16-7-6-15(12-14(16)8-10-21-17)19(23)24-11-9-13-4-2-1-3-5-13/h1-5,8,10,12H,6-7,9,11H2,(H2,20,22). The second-order valence-corrected chi connectivity index (χ2v) is 5.63. The molecule has 1 aromatic heterocycles. The van der Waals surface area contributed by atoms with Gasteiger partial charge < -0.3 is 10.5 Å². The number of rotatable bonds is 5. The van der Waals surface area contributed by atoms with Crippen LogP contribution in [0.2, 0.25) is 0 Å². The molecular formula is C19H18N2O3. The van der Waals surface area contributed by atoms with Gasteiger partial charge >= 0.3 is 5.97 Å². The Morgan fingerprint density at radius 1 is 1.12 bits per heavy atom. The molecule has 3 rings (SSSR count). The van der Waals surface area contributed by atoms with Crippen LogP contribution in [0.4, 0.5) is 0 Å². The Hall–Kier alpha value is -2.95. The number of aromatic nitrogens is 1. The van der Waals surface area contributed by atoms with E-state index < -0.39 is 5.91 Å². The Balaban J connectivity index is 1.66. The molecule has 2 aromatic rings. The minimum Gasteiger partial charge on any atom is -0.462 e. The van der Waals surface area contributed by atoms with Crippen LogP contribution in [-0.4, -0.2) is 23.5 Å². The van der Waals surface area contributed by atoms with Gasteiger partial charge in [-0.05, 0) is 41.7 Å². The van der Waals surface area contributed by atoms with E-state index in [1.807, 2.05) is 30.3 Å². The Morgan fingerprint density at radius 2 is 1.92 bits per heavy atom. The van der Waals surface area contributed by atoms with Gasteiger partial charge in [-0.25, -0.2) is 4.79 Å². The number of hydrogen-bond donors (Lipinski definition) is 1. The minimum atomic E-state index is -0.547. The molecule has 1 aromatic carbocycles. The lowest BCUT2D eigenvalue weighted by Crippen LogP contribution is -2.19. The van der Waals surface area contributed by atoms with Crippen molar-refractivity contribution in [1.82, 2.24) is 4.98 Å². The van der Waals surface area contributed by atoms with Crippen molar-refractivity contribution in [1.29, 1.82) is 0 Å². The van der Waals surface area contributed by atoms with E-state index in [9.17, 15) is 9.59 Å². The zero-order valence-corrected chi connectivity index (χ0v) is 13.2. The fraction of sp³-hybridized carbons (Fsp3) is 0.211. The molecule has 1 heterocycles. The number of primary amides is 1. The smallest absolute Gasteiger partial charge is 0.334 e. The molecule has 5 nitrogen and oxygen atoms in total. The van der Waals surface area contributed by atoms with Crippen molar-refractivity contribution in [2.45, 2.75) is 19.3 Å². The lowest BCUT2D eigenvalue weighted by Gasteiger charge is -2.17. The summed E-state index contributed by atoms with van der Waals surface area (Å²) in [6.07, 6.45) is 5.05. The van der Waals surface area contributed by atoms with Gasteiger partial charge in [0.15, 0.2) is 0 Å². The van der Waals surface area contributed by atoms with Crippen molar-refractivity contribution in [2.24, 2.45) is 5.73 Å². The van der Waals surface area contributed by atoms with Crippen molar-refractivity contribution >= 4 is 18.0 Å². The summed E-state index contributed by atoms with van der Waals surface area (Å²) in [5, 5.41) is 0. The van der Waals surface area contributed by atoms with E-state index in [0.29, 0.717) is 31.4 Å². The van der Waals surface area contributed by atoms with Gasteiger partial charge in [-0.2, -0.15) is 0 Å². The zero-order chi connectivity index (χ0) is 16.9. The summed E-state index contributed by atoms with van der Waals surface area (Å²) >= 11 is 0. The second-order valence-electron chi connectivity index (χ2n) is 5.63. The van der Waals surface area contributed by atoms with Gasteiger partial charge in [0.05, 0.1) is 6.61 Å². The molecule has 0 radical (unpaired) electrons. The van der Waals surface area contributed by atoms with Crippen LogP contribution >= 0.6 is 0 Å². The third-order valence-corrected chi connectivity index (χ3v) is 4.03. The maximum absolute atomic E-state index is 12.2. The second kappa shape index (κ2) is 7.08. The summed E-state index contributed by atoms with van der Waals surface area (Å²) in [4.78, 5) is 27.7. The fourth-order valence-electron chi connectivity index (χ4n) is 2.80. The SMILES string of the molecule is NC(=O)c1nccc2c1CCC(C(=O)OCCc1ccccc1)=C2. The highest BCUT2D eigenvalue weighted by Crippen LogP contribution is 2.26. The molecule has 1 aliphatic carbocycles. The number of esters is 1. The predicted molar refractivity (Wildman–Crippen MR) is 90.2 cm³/mol. The van der Waals surface area contributed by atoms with Gasteiger partial charge in [0.25, 0.3) is 5.91 Å². The van der Waals surface area contributed by atoms with Crippen LogP contribution in [0.1, 0.15) is 33.6 Å². The highest BCUT2D eigenvalue weighted by atomic mass is 16.5. The molecule has 122 valence electrons. The number of benzene rings is 1. The molecular weight excluding hydrogens is 304 g/mol. The van der Waals surface area contributed by atoms with Crippen molar-refractivity contribution < 1.29 is 14.3 Å². The van der Waals surface area contributed by atoms with Crippen molar-refractivity contribution in [3.8, 4) is 0 Å². The summed E-state index contributed by atoms with van der Waals surface area (Å²) < 4.78 is 5.36. The van der Waals surface area contributed by atoms with Crippen molar-refractivity contribution in [3.63, 3.8) is 0 Å². The zero-order valence-electron chi connectivity index (χ0n) is 13.2. The third-order valence-electron chi connectivity index (χ3n) is 4.03. The molecule has 0 atom stereocenters. The van der Waals surface area contributed by atoms with Crippen LogP contribution in [-0.2, 0) is 22.4 Å². The topological polar surface area (TPSA) is 82.3 Å². The first-order valence-electron chi connectivity index (χ1n) is 7.84. The van der Waals surface area contributed by atoms with Crippen LogP contribution in [0.15, 0.2) is 48.2 Å². The number of hydrogen-bond acceptors (Lipinski definition) is 4. The predicted octanol–water partition coefficient (Wildman–Crippen LogP) is 2.30. The van der Waals surface area contributed by atoms with Crippen LogP contribution in [0, 0.1) is 0 Å². The molecule has 0 saturated carbocycles. The summed E-state index contributed by atoms with van der Waals surface area (Å²) in [5.74, 6) is -0.858. The number of ether oxygens (including phenoxy) is 1. The highest BCUT2D eigenvalue weighted by Gasteiger charge is 2.21. The maximum atomic E-state index is 12.2. The van der Waals surface area contributed by atoms with Gasteiger partial charge in [-0.15, -0.1) is 0 Å². The molecule has 1 aliphatic rings. The van der Waals surface area contributed by atoms with Crippen LogP contribution in [0.25, 0.3) is 6.08 Å². The maximum Gasteiger partial charge on any atom is 0.334 e. The lowest BCUT2D eigenvalue weighted by molar-refractivity contribution is -0.139. The van der Waals surface area contributed by atoms with Crippen LogP contribution < -0.4 is 5.73 Å². The molecule has 0 unspecified atom stereocenters. The van der Waals surface area contributed by atoms with Crippen molar-refractivity contribution in [3.05, 3.63) is 70.6 Å². The van der Waals surface area contributed by atoms with E-state index in [2.05, 4.69) is 4.98 Å². The molecule has 0 bridgehead atoms. The van der Waals surface area contributed by atoms with Gasteiger partial charge in [0.2, 0.25) is 0 Å². The molecule has 2 N–H and O–H groups in total. The largest absolute Gasteiger partial charge is 0.462 e. The van der Waals surface area contributed by atoms with Gasteiger partial charge in [0, 0.05) is 18.2 Å². The number of carbonyl (C=O) groups excluding carboxylic acids is 2. The van der Waals surface area contributed by atoms with E-state index >= 15 is 0 Å². The number of nitrogens with two attached hydrogens (primary N) is 1. The summed E-state index contributed by atoms with van der Waals surface area (Å²) in [7, 11) is 0. The quantitative estimate of drug-likeness (QED) is 0.856. The highest BCUT2D eigenvalue weighted by molar-refractivity contribution is 5.97. The lowest BCUT2D eigenvalue weighted by atomic mass is 9.91. The van der Waals surface area contributed by atoms with Gasteiger partial charge in [0.1, 0.15) is 5.69 Å². The van der Waals surface area contributed by atoms with Gasteiger partial charge in [-0.3, -0.25) is 9.78 Å². The minimum absolute atomic E-state index is 0.278.